The van der Waals surface area contributed by atoms with Crippen molar-refractivity contribution in [3.8, 4) is 0 Å². The van der Waals surface area contributed by atoms with Crippen molar-refractivity contribution in [1.82, 2.24) is 30.5 Å². The van der Waals surface area contributed by atoms with E-state index in [1.54, 1.807) is 17.1 Å². The highest BCUT2D eigenvalue weighted by Gasteiger charge is 2.06. The normalized spacial score (nSPS) is 10.2. The number of amides is 1. The second-order valence-corrected chi connectivity index (χ2v) is 3.55. The van der Waals surface area contributed by atoms with Crippen molar-refractivity contribution < 1.29 is 4.79 Å². The predicted octanol–water partition coefficient (Wildman–Crippen LogP) is 0.151. The van der Waals surface area contributed by atoms with E-state index in [-0.39, 0.29) is 16.8 Å². The van der Waals surface area contributed by atoms with Gasteiger partial charge in [0.05, 0.1) is 12.7 Å². The quantitative estimate of drug-likeness (QED) is 0.837. The topological polar surface area (TPSA) is 85.6 Å². The minimum absolute atomic E-state index is 0.230. The van der Waals surface area contributed by atoms with Crippen LogP contribution in [0.5, 0.6) is 0 Å². The van der Waals surface area contributed by atoms with Crippen LogP contribution < -0.4 is 5.32 Å². The third-order valence-electron chi connectivity index (χ3n) is 1.96. The molecule has 0 aliphatic heterocycles. The third-order valence-corrected chi connectivity index (χ3v) is 2.16. The van der Waals surface area contributed by atoms with Crippen molar-refractivity contribution in [3.63, 3.8) is 0 Å². The smallest absolute Gasteiger partial charge is 0.271 e. The number of nitrogens with one attached hydrogen (secondary N) is 1. The fourth-order valence-electron chi connectivity index (χ4n) is 1.16. The molecule has 2 rings (SSSR count). The van der Waals surface area contributed by atoms with Gasteiger partial charge in [-0.1, -0.05) is 16.8 Å². The molecule has 0 aliphatic carbocycles. The molecule has 17 heavy (non-hydrogen) atoms. The van der Waals surface area contributed by atoms with Crippen molar-refractivity contribution >= 4 is 17.5 Å². The Hall–Kier alpha value is -2.02. The molecule has 0 radical (unpaired) electrons. The molecule has 1 amide bonds. The van der Waals surface area contributed by atoms with Crippen molar-refractivity contribution in [2.75, 3.05) is 6.54 Å². The number of carbonyl (C=O) groups is 1. The molecule has 0 saturated carbocycles. The highest BCUT2D eigenvalue weighted by Crippen LogP contribution is 2.01. The molecule has 8 heteroatoms. The molecule has 0 fully saturated rings. The van der Waals surface area contributed by atoms with Gasteiger partial charge in [0.2, 0.25) is 0 Å². The van der Waals surface area contributed by atoms with Gasteiger partial charge in [-0.2, -0.15) is 0 Å². The molecular weight excluding hydrogens is 244 g/mol. The van der Waals surface area contributed by atoms with Gasteiger partial charge in [0.15, 0.2) is 10.8 Å². The van der Waals surface area contributed by atoms with Gasteiger partial charge < -0.3 is 5.32 Å². The summed E-state index contributed by atoms with van der Waals surface area (Å²) in [5.74, 6) is -0.297. The first-order chi connectivity index (χ1) is 8.25. The lowest BCUT2D eigenvalue weighted by Gasteiger charge is -2.03. The summed E-state index contributed by atoms with van der Waals surface area (Å²) in [7, 11) is 0. The van der Waals surface area contributed by atoms with Crippen LogP contribution in [0.1, 0.15) is 10.5 Å². The molecule has 0 saturated heterocycles. The molecule has 0 aliphatic rings. The Kier molecular flexibility index (Phi) is 3.61. The van der Waals surface area contributed by atoms with Gasteiger partial charge in [0.25, 0.3) is 5.91 Å². The Morgan fingerprint density at radius 2 is 2.29 bits per heavy atom. The number of hydrogen-bond donors (Lipinski definition) is 1. The molecule has 2 aromatic heterocycles. The summed E-state index contributed by atoms with van der Waals surface area (Å²) in [5.41, 5.74) is 0.230. The number of halogens is 1. The lowest BCUT2D eigenvalue weighted by molar-refractivity contribution is 0.0946. The Morgan fingerprint density at radius 3 is 2.94 bits per heavy atom. The zero-order valence-corrected chi connectivity index (χ0v) is 9.50. The van der Waals surface area contributed by atoms with E-state index in [1.165, 1.54) is 12.1 Å². The second-order valence-electron chi connectivity index (χ2n) is 3.16. The highest BCUT2D eigenvalue weighted by atomic mass is 35.5. The highest BCUT2D eigenvalue weighted by molar-refractivity contribution is 6.29. The maximum Gasteiger partial charge on any atom is 0.271 e. The van der Waals surface area contributed by atoms with Crippen LogP contribution in [0.3, 0.4) is 0 Å². The van der Waals surface area contributed by atoms with E-state index in [9.17, 15) is 4.79 Å². The number of aromatic nitrogens is 5. The number of carbonyl (C=O) groups excluding carboxylic acids is 1. The molecule has 2 aromatic rings. The third kappa shape index (κ3) is 3.22. The Labute approximate surface area is 102 Å². The van der Waals surface area contributed by atoms with Crippen molar-refractivity contribution in [3.05, 3.63) is 35.4 Å². The number of hydrogen-bond acceptors (Lipinski definition) is 5. The largest absolute Gasteiger partial charge is 0.349 e. The summed E-state index contributed by atoms with van der Waals surface area (Å²) < 4.78 is 1.62. The maximum atomic E-state index is 11.6. The molecule has 0 atom stereocenters. The van der Waals surface area contributed by atoms with Gasteiger partial charge in [-0.3, -0.25) is 9.48 Å². The summed E-state index contributed by atoms with van der Waals surface area (Å²) in [4.78, 5) is 11.6. The van der Waals surface area contributed by atoms with Crippen LogP contribution in [0.15, 0.2) is 24.5 Å². The number of rotatable bonds is 4. The van der Waals surface area contributed by atoms with Crippen LogP contribution >= 0.6 is 11.6 Å². The Balaban J connectivity index is 1.83. The van der Waals surface area contributed by atoms with E-state index in [0.717, 1.165) is 0 Å². The monoisotopic (exact) mass is 252 g/mol. The summed E-state index contributed by atoms with van der Waals surface area (Å²) >= 11 is 5.56. The van der Waals surface area contributed by atoms with Gasteiger partial charge in [0.1, 0.15) is 0 Å². The lowest BCUT2D eigenvalue weighted by atomic mass is 10.3. The van der Waals surface area contributed by atoms with Crippen LogP contribution in [-0.4, -0.2) is 37.6 Å². The molecular formula is C9H9ClN6O. The molecule has 2 heterocycles. The van der Waals surface area contributed by atoms with Crippen molar-refractivity contribution in [2.45, 2.75) is 6.54 Å². The average molecular weight is 253 g/mol. The molecule has 0 aromatic carbocycles. The van der Waals surface area contributed by atoms with Gasteiger partial charge in [-0.25, -0.2) is 0 Å². The van der Waals surface area contributed by atoms with Crippen LogP contribution in [0.25, 0.3) is 0 Å². The predicted molar refractivity (Wildman–Crippen MR) is 59.4 cm³/mol. The minimum Gasteiger partial charge on any atom is -0.349 e. The van der Waals surface area contributed by atoms with Crippen molar-refractivity contribution in [1.29, 1.82) is 0 Å². The first kappa shape index (κ1) is 11.5. The van der Waals surface area contributed by atoms with Gasteiger partial charge >= 0.3 is 0 Å². The SMILES string of the molecule is O=C(NCCn1ccnn1)c1ccc(Cl)nn1. The standard InChI is InChI=1S/C9H9ClN6O/c10-8-2-1-7(13-14-8)9(17)11-3-5-16-6-4-12-15-16/h1-2,4,6H,3,5H2,(H,11,17). The molecule has 88 valence electrons. The maximum absolute atomic E-state index is 11.6. The minimum atomic E-state index is -0.297. The second kappa shape index (κ2) is 5.35. The van der Waals surface area contributed by atoms with Crippen LogP contribution in [0.2, 0.25) is 5.15 Å². The van der Waals surface area contributed by atoms with Gasteiger partial charge in [0, 0.05) is 12.7 Å². The molecule has 0 bridgehead atoms. The van der Waals surface area contributed by atoms with E-state index >= 15 is 0 Å². The Bertz CT molecular complexity index is 483. The van der Waals surface area contributed by atoms with Crippen molar-refractivity contribution in [2.24, 2.45) is 0 Å². The molecule has 0 spiro atoms. The van der Waals surface area contributed by atoms with Gasteiger partial charge in [-0.15, -0.1) is 15.3 Å². The van der Waals surface area contributed by atoms with Gasteiger partial charge in [-0.05, 0) is 12.1 Å². The Morgan fingerprint density at radius 1 is 1.41 bits per heavy atom. The summed E-state index contributed by atoms with van der Waals surface area (Å²) in [6, 6.07) is 3.03. The van der Waals surface area contributed by atoms with Crippen LogP contribution in [-0.2, 0) is 6.54 Å². The first-order valence-electron chi connectivity index (χ1n) is 4.87. The first-order valence-corrected chi connectivity index (χ1v) is 5.25. The van der Waals surface area contributed by atoms with Crippen LogP contribution in [0, 0.1) is 0 Å². The van der Waals surface area contributed by atoms with E-state index in [1.807, 2.05) is 0 Å². The van der Waals surface area contributed by atoms with Crippen LogP contribution in [0.4, 0.5) is 0 Å². The summed E-state index contributed by atoms with van der Waals surface area (Å²) in [5, 5.41) is 17.6. The molecule has 0 unspecified atom stereocenters. The molecule has 7 nitrogen and oxygen atoms in total. The average Bonchev–Trinajstić information content (AvgIpc) is 2.83. The molecule has 1 N–H and O–H groups in total. The van der Waals surface area contributed by atoms with E-state index in [0.29, 0.717) is 13.1 Å². The lowest BCUT2D eigenvalue weighted by Crippen LogP contribution is -2.28. The fraction of sp³-hybridized carbons (Fsp3) is 0.222. The summed E-state index contributed by atoms with van der Waals surface area (Å²) in [6.45, 7) is 0.985. The van der Waals surface area contributed by atoms with E-state index in [2.05, 4.69) is 25.8 Å². The van der Waals surface area contributed by atoms with E-state index in [4.69, 9.17) is 11.6 Å². The fourth-order valence-corrected chi connectivity index (χ4v) is 1.26. The zero-order chi connectivity index (χ0) is 12.1. The zero-order valence-electron chi connectivity index (χ0n) is 8.75. The summed E-state index contributed by atoms with van der Waals surface area (Å²) in [6.07, 6.45) is 3.29. The number of nitrogens with zero attached hydrogens (tertiary/aromatic N) is 5. The van der Waals surface area contributed by atoms with E-state index < -0.39 is 0 Å².